The van der Waals surface area contributed by atoms with E-state index in [1.807, 2.05) is 4.90 Å². The van der Waals surface area contributed by atoms with Crippen LogP contribution in [0.3, 0.4) is 0 Å². The van der Waals surface area contributed by atoms with Crippen molar-refractivity contribution in [3.63, 3.8) is 0 Å². The Labute approximate surface area is 262 Å². The highest BCUT2D eigenvalue weighted by atomic mass is 19.4. The summed E-state index contributed by atoms with van der Waals surface area (Å²) in [4.78, 5) is 33.9. The number of hydrogen-bond acceptors (Lipinski definition) is 6. The molecular formula is C32H33F6N5O3. The number of ether oxygens (including phenoxy) is 1. The zero-order valence-electron chi connectivity index (χ0n) is 24.8. The fourth-order valence-electron chi connectivity index (χ4n) is 5.46. The Bertz CT molecular complexity index is 1480. The van der Waals surface area contributed by atoms with Crippen LogP contribution in [0.1, 0.15) is 26.3 Å². The van der Waals surface area contributed by atoms with Crippen molar-refractivity contribution in [1.29, 1.82) is 0 Å². The number of piperazine rings is 2. The van der Waals surface area contributed by atoms with E-state index < -0.39 is 29.8 Å². The molecule has 0 radical (unpaired) electrons. The van der Waals surface area contributed by atoms with E-state index in [9.17, 15) is 35.9 Å². The molecule has 0 saturated carbocycles. The Morgan fingerprint density at radius 2 is 1.26 bits per heavy atom. The van der Waals surface area contributed by atoms with Crippen molar-refractivity contribution in [1.82, 2.24) is 14.7 Å². The topological polar surface area (TPSA) is 68.4 Å². The second-order valence-corrected chi connectivity index (χ2v) is 11.1. The first kappa shape index (κ1) is 33.1. The van der Waals surface area contributed by atoms with Gasteiger partial charge in [0.05, 0.1) is 5.56 Å². The largest absolute Gasteiger partial charge is 0.573 e. The van der Waals surface area contributed by atoms with Gasteiger partial charge in [-0.2, -0.15) is 13.2 Å². The fourth-order valence-corrected chi connectivity index (χ4v) is 5.46. The van der Waals surface area contributed by atoms with Gasteiger partial charge in [0.1, 0.15) is 5.75 Å². The second-order valence-electron chi connectivity index (χ2n) is 11.1. The van der Waals surface area contributed by atoms with E-state index in [0.717, 1.165) is 57.5 Å². The van der Waals surface area contributed by atoms with Crippen LogP contribution >= 0.6 is 0 Å². The third-order valence-electron chi connectivity index (χ3n) is 8.04. The van der Waals surface area contributed by atoms with E-state index >= 15 is 0 Å². The number of carbonyl (C=O) groups excluding carboxylic acids is 2. The number of benzene rings is 3. The Morgan fingerprint density at radius 1 is 0.696 bits per heavy atom. The Balaban J connectivity index is 1.02. The highest BCUT2D eigenvalue weighted by Crippen LogP contribution is 2.32. The van der Waals surface area contributed by atoms with Gasteiger partial charge in [0.25, 0.3) is 11.8 Å². The van der Waals surface area contributed by atoms with Crippen LogP contribution in [-0.4, -0.2) is 98.3 Å². The lowest BCUT2D eigenvalue weighted by Crippen LogP contribution is -2.52. The summed E-state index contributed by atoms with van der Waals surface area (Å²) in [6.45, 7) is 7.06. The zero-order chi connectivity index (χ0) is 32.9. The number of halogens is 6. The van der Waals surface area contributed by atoms with Crippen molar-refractivity contribution in [2.75, 3.05) is 75.7 Å². The van der Waals surface area contributed by atoms with Gasteiger partial charge in [-0.05, 0) is 66.7 Å². The summed E-state index contributed by atoms with van der Waals surface area (Å²) < 4.78 is 80.1. The molecule has 2 fully saturated rings. The van der Waals surface area contributed by atoms with Gasteiger partial charge in [0, 0.05) is 87.9 Å². The number of amides is 2. The maximum absolute atomic E-state index is 13.1. The SMILES string of the molecule is O=C(Nc1ccc(C(=O)N2CCN(CCN3CCN(c4cccc(C(F)(F)F)c4)CC3)CC2)cc1)c1ccc(OC(F)(F)F)cc1. The van der Waals surface area contributed by atoms with Crippen LogP contribution in [-0.2, 0) is 6.18 Å². The maximum Gasteiger partial charge on any atom is 0.573 e. The van der Waals surface area contributed by atoms with Crippen LogP contribution < -0.4 is 15.0 Å². The van der Waals surface area contributed by atoms with Crippen molar-refractivity contribution in [2.24, 2.45) is 0 Å². The molecule has 2 aliphatic heterocycles. The molecule has 5 rings (SSSR count). The molecule has 0 unspecified atom stereocenters. The number of nitrogens with one attached hydrogen (secondary N) is 1. The van der Waals surface area contributed by atoms with Crippen LogP contribution in [0.4, 0.5) is 37.7 Å². The van der Waals surface area contributed by atoms with Gasteiger partial charge < -0.3 is 19.9 Å². The lowest BCUT2D eigenvalue weighted by molar-refractivity contribution is -0.274. The average Bonchev–Trinajstić information content (AvgIpc) is 3.03. The Morgan fingerprint density at radius 3 is 1.83 bits per heavy atom. The summed E-state index contributed by atoms with van der Waals surface area (Å²) in [6.07, 6.45) is -9.18. The van der Waals surface area contributed by atoms with E-state index in [2.05, 4.69) is 19.9 Å². The van der Waals surface area contributed by atoms with Crippen LogP contribution in [0.25, 0.3) is 0 Å². The molecule has 1 N–H and O–H groups in total. The predicted molar refractivity (Wildman–Crippen MR) is 160 cm³/mol. The lowest BCUT2D eigenvalue weighted by Gasteiger charge is -2.39. The first-order valence-electron chi connectivity index (χ1n) is 14.8. The van der Waals surface area contributed by atoms with E-state index in [1.165, 1.54) is 24.3 Å². The minimum absolute atomic E-state index is 0.122. The quantitative estimate of drug-likeness (QED) is 0.328. The Kier molecular flexibility index (Phi) is 10.1. The maximum atomic E-state index is 13.1. The first-order valence-corrected chi connectivity index (χ1v) is 14.8. The van der Waals surface area contributed by atoms with Crippen molar-refractivity contribution >= 4 is 23.2 Å². The molecule has 0 aromatic heterocycles. The molecule has 46 heavy (non-hydrogen) atoms. The summed E-state index contributed by atoms with van der Waals surface area (Å²) in [6, 6.07) is 16.4. The van der Waals surface area contributed by atoms with Crippen LogP contribution in [0, 0.1) is 0 Å². The third-order valence-corrected chi connectivity index (χ3v) is 8.04. The minimum Gasteiger partial charge on any atom is -0.406 e. The third kappa shape index (κ3) is 8.91. The highest BCUT2D eigenvalue weighted by Gasteiger charge is 2.32. The molecule has 2 aliphatic rings. The highest BCUT2D eigenvalue weighted by molar-refractivity contribution is 6.04. The number of hydrogen-bond donors (Lipinski definition) is 1. The average molecular weight is 650 g/mol. The number of nitrogens with zero attached hydrogens (tertiary/aromatic N) is 4. The van der Waals surface area contributed by atoms with Gasteiger partial charge in [-0.3, -0.25) is 19.4 Å². The van der Waals surface area contributed by atoms with Gasteiger partial charge in [-0.1, -0.05) is 6.07 Å². The van der Waals surface area contributed by atoms with E-state index in [4.69, 9.17) is 0 Å². The Hall–Kier alpha value is -4.30. The molecule has 0 aliphatic carbocycles. The summed E-state index contributed by atoms with van der Waals surface area (Å²) in [5, 5.41) is 2.66. The van der Waals surface area contributed by atoms with E-state index in [0.29, 0.717) is 43.1 Å². The fraction of sp³-hybridized carbons (Fsp3) is 0.375. The van der Waals surface area contributed by atoms with Crippen molar-refractivity contribution < 1.29 is 40.7 Å². The number of anilines is 2. The molecule has 14 heteroatoms. The molecule has 3 aromatic carbocycles. The van der Waals surface area contributed by atoms with E-state index in [1.54, 1.807) is 35.2 Å². The molecular weight excluding hydrogens is 616 g/mol. The van der Waals surface area contributed by atoms with Crippen molar-refractivity contribution in [2.45, 2.75) is 12.5 Å². The number of alkyl halides is 6. The minimum atomic E-state index is -4.82. The normalized spacial score (nSPS) is 16.7. The standard InChI is InChI=1S/C32H33F6N5O3/c33-31(34,35)25-2-1-3-27(22-25)42-18-14-40(15-19-42)12-13-41-16-20-43(21-17-41)30(45)24-4-8-26(9-5-24)39-29(44)23-6-10-28(11-7-23)46-32(36,37)38/h1-11,22H,12-21H2,(H,39,44). The summed E-state index contributed by atoms with van der Waals surface area (Å²) in [7, 11) is 0. The van der Waals surface area contributed by atoms with Gasteiger partial charge in [0.15, 0.2) is 0 Å². The molecule has 2 heterocycles. The molecule has 3 aromatic rings. The van der Waals surface area contributed by atoms with Crippen LogP contribution in [0.2, 0.25) is 0 Å². The summed E-state index contributed by atoms with van der Waals surface area (Å²) >= 11 is 0. The van der Waals surface area contributed by atoms with Crippen molar-refractivity contribution in [3.8, 4) is 5.75 Å². The molecule has 0 atom stereocenters. The molecule has 2 saturated heterocycles. The van der Waals surface area contributed by atoms with Gasteiger partial charge >= 0.3 is 12.5 Å². The summed E-state index contributed by atoms with van der Waals surface area (Å²) in [5.74, 6) is -1.07. The smallest absolute Gasteiger partial charge is 0.406 e. The van der Waals surface area contributed by atoms with Gasteiger partial charge in [0.2, 0.25) is 0 Å². The van der Waals surface area contributed by atoms with E-state index in [-0.39, 0.29) is 11.5 Å². The first-order chi connectivity index (χ1) is 21.8. The lowest BCUT2D eigenvalue weighted by atomic mass is 10.1. The predicted octanol–water partition coefficient (Wildman–Crippen LogP) is 5.44. The number of rotatable bonds is 8. The van der Waals surface area contributed by atoms with Gasteiger partial charge in [-0.25, -0.2) is 0 Å². The van der Waals surface area contributed by atoms with Crippen LogP contribution in [0.15, 0.2) is 72.8 Å². The number of carbonyl (C=O) groups is 2. The van der Waals surface area contributed by atoms with Crippen LogP contribution in [0.5, 0.6) is 5.75 Å². The van der Waals surface area contributed by atoms with Gasteiger partial charge in [-0.15, -0.1) is 13.2 Å². The molecule has 0 spiro atoms. The van der Waals surface area contributed by atoms with Crippen molar-refractivity contribution in [3.05, 3.63) is 89.5 Å². The summed E-state index contributed by atoms with van der Waals surface area (Å²) in [5.41, 5.74) is 0.988. The monoisotopic (exact) mass is 649 g/mol. The molecule has 8 nitrogen and oxygen atoms in total. The molecule has 0 bridgehead atoms. The zero-order valence-corrected chi connectivity index (χ0v) is 24.8. The molecule has 2 amide bonds. The second kappa shape index (κ2) is 14.0. The molecule has 246 valence electrons.